The molecule has 148 valence electrons. The third-order valence-corrected chi connectivity index (χ3v) is 4.66. The molecule has 6 nitrogen and oxygen atoms in total. The van der Waals surface area contributed by atoms with Crippen molar-refractivity contribution in [2.75, 3.05) is 32.9 Å². The molecule has 0 amide bonds. The van der Waals surface area contributed by atoms with Gasteiger partial charge in [-0.3, -0.25) is 4.99 Å². The summed E-state index contributed by atoms with van der Waals surface area (Å²) in [5, 5.41) is 7.84. The van der Waals surface area contributed by atoms with Crippen LogP contribution in [-0.2, 0) is 9.47 Å². The summed E-state index contributed by atoms with van der Waals surface area (Å²) in [5.41, 5.74) is 0.911. The topological polar surface area (TPSA) is 68.0 Å². The van der Waals surface area contributed by atoms with Crippen molar-refractivity contribution < 1.29 is 13.9 Å². The van der Waals surface area contributed by atoms with Crippen molar-refractivity contribution in [3.8, 4) is 0 Å². The van der Waals surface area contributed by atoms with E-state index in [1.54, 1.807) is 0 Å². The van der Waals surface area contributed by atoms with Gasteiger partial charge in [0.25, 0.3) is 0 Å². The maximum Gasteiger partial charge on any atom is 0.191 e. The molecule has 0 bridgehead atoms. The summed E-state index contributed by atoms with van der Waals surface area (Å²) in [5.74, 6) is 1.71. The zero-order valence-electron chi connectivity index (χ0n) is 16.4. The van der Waals surface area contributed by atoms with E-state index in [-0.39, 0.29) is 6.04 Å². The molecule has 0 aliphatic carbocycles. The van der Waals surface area contributed by atoms with E-state index >= 15 is 0 Å². The van der Waals surface area contributed by atoms with Gasteiger partial charge in [-0.2, -0.15) is 0 Å². The Morgan fingerprint density at radius 1 is 1.30 bits per heavy atom. The summed E-state index contributed by atoms with van der Waals surface area (Å²) < 4.78 is 17.2. The molecule has 1 fully saturated rings. The first-order valence-electron chi connectivity index (χ1n) is 9.99. The fourth-order valence-electron chi connectivity index (χ4n) is 3.16. The molecule has 0 radical (unpaired) electrons. The number of nitrogens with zero attached hydrogens (tertiary/aromatic N) is 1. The standard InChI is InChI=1S/C21H31N3O3/c1-3-22-21(23-11-6-12-26-18-9-13-25-14-10-18)24-16(2)20-15-17-7-4-5-8-19(17)27-20/h4-5,7-8,15-16,18H,3,6,9-14H2,1-2H3,(H2,22,23,24). The van der Waals surface area contributed by atoms with Crippen molar-refractivity contribution >= 4 is 16.9 Å². The number of rotatable bonds is 8. The number of fused-ring (bicyclic) bond motifs is 1. The van der Waals surface area contributed by atoms with Crippen LogP contribution in [0.25, 0.3) is 11.0 Å². The molecule has 2 aromatic rings. The maximum atomic E-state index is 5.94. The molecular weight excluding hydrogens is 342 g/mol. The van der Waals surface area contributed by atoms with Crippen LogP contribution in [0.4, 0.5) is 0 Å². The Balaban J connectivity index is 1.47. The monoisotopic (exact) mass is 373 g/mol. The Kier molecular flexibility index (Phi) is 7.54. The van der Waals surface area contributed by atoms with Crippen molar-refractivity contribution in [2.45, 2.75) is 45.3 Å². The van der Waals surface area contributed by atoms with Crippen molar-refractivity contribution in [1.82, 2.24) is 10.6 Å². The molecule has 1 saturated heterocycles. The lowest BCUT2D eigenvalue weighted by Crippen LogP contribution is -2.38. The van der Waals surface area contributed by atoms with Gasteiger partial charge in [0, 0.05) is 38.3 Å². The average Bonchev–Trinajstić information content (AvgIpc) is 3.13. The third kappa shape index (κ3) is 5.97. The molecule has 2 heterocycles. The van der Waals surface area contributed by atoms with Crippen LogP contribution >= 0.6 is 0 Å². The SMILES string of the molecule is CCNC(=NCCCOC1CCOCC1)NC(C)c1cc2ccccc2o1. The molecule has 1 aromatic carbocycles. The second-order valence-electron chi connectivity index (χ2n) is 6.85. The molecule has 1 aliphatic heterocycles. The highest BCUT2D eigenvalue weighted by molar-refractivity contribution is 5.81. The molecule has 1 aliphatic rings. The predicted molar refractivity (Wildman–Crippen MR) is 108 cm³/mol. The van der Waals surface area contributed by atoms with Crippen LogP contribution in [0.15, 0.2) is 39.7 Å². The summed E-state index contributed by atoms with van der Waals surface area (Å²) in [6.45, 7) is 8.07. The minimum Gasteiger partial charge on any atom is -0.459 e. The van der Waals surface area contributed by atoms with Crippen molar-refractivity contribution in [2.24, 2.45) is 4.99 Å². The fraction of sp³-hybridized carbons (Fsp3) is 0.571. The van der Waals surface area contributed by atoms with Gasteiger partial charge in [-0.25, -0.2) is 0 Å². The molecule has 1 unspecified atom stereocenters. The Bertz CT molecular complexity index is 689. The Labute approximate surface area is 161 Å². The van der Waals surface area contributed by atoms with Crippen molar-refractivity contribution in [3.63, 3.8) is 0 Å². The van der Waals surface area contributed by atoms with Gasteiger partial charge in [-0.1, -0.05) is 18.2 Å². The van der Waals surface area contributed by atoms with E-state index in [9.17, 15) is 0 Å². The number of para-hydroxylation sites is 1. The lowest BCUT2D eigenvalue weighted by atomic mass is 10.1. The molecule has 27 heavy (non-hydrogen) atoms. The minimum absolute atomic E-state index is 0.0358. The van der Waals surface area contributed by atoms with E-state index in [4.69, 9.17) is 13.9 Å². The second-order valence-corrected chi connectivity index (χ2v) is 6.85. The van der Waals surface area contributed by atoms with Gasteiger partial charge in [0.15, 0.2) is 5.96 Å². The lowest BCUT2D eigenvalue weighted by Gasteiger charge is -2.22. The summed E-state index contributed by atoms with van der Waals surface area (Å²) in [6.07, 6.45) is 3.26. The average molecular weight is 373 g/mol. The van der Waals surface area contributed by atoms with Crippen LogP contribution in [0.5, 0.6) is 0 Å². The summed E-state index contributed by atoms with van der Waals surface area (Å²) in [4.78, 5) is 4.66. The quantitative estimate of drug-likeness (QED) is 0.420. The highest BCUT2D eigenvalue weighted by Gasteiger charge is 2.14. The normalized spacial score (nSPS) is 17.2. The number of nitrogens with one attached hydrogen (secondary N) is 2. The number of hydrogen-bond acceptors (Lipinski definition) is 4. The summed E-state index contributed by atoms with van der Waals surface area (Å²) >= 11 is 0. The predicted octanol–water partition coefficient (Wildman–Crippen LogP) is 3.63. The number of guanidine groups is 1. The molecule has 3 rings (SSSR count). The van der Waals surface area contributed by atoms with Gasteiger partial charge < -0.3 is 24.5 Å². The zero-order chi connectivity index (χ0) is 18.9. The van der Waals surface area contributed by atoms with Gasteiger partial charge in [0.05, 0.1) is 12.1 Å². The lowest BCUT2D eigenvalue weighted by molar-refractivity contribution is -0.0318. The zero-order valence-corrected chi connectivity index (χ0v) is 16.4. The van der Waals surface area contributed by atoms with Gasteiger partial charge in [0.1, 0.15) is 11.3 Å². The van der Waals surface area contributed by atoms with E-state index in [1.807, 2.05) is 18.2 Å². The fourth-order valence-corrected chi connectivity index (χ4v) is 3.16. The number of furan rings is 1. The van der Waals surface area contributed by atoms with E-state index in [2.05, 4.69) is 41.6 Å². The Morgan fingerprint density at radius 3 is 2.89 bits per heavy atom. The van der Waals surface area contributed by atoms with E-state index in [0.717, 1.165) is 74.9 Å². The van der Waals surface area contributed by atoms with Crippen molar-refractivity contribution in [3.05, 3.63) is 36.1 Å². The van der Waals surface area contributed by atoms with Gasteiger partial charge >= 0.3 is 0 Å². The molecule has 0 saturated carbocycles. The molecule has 1 atom stereocenters. The van der Waals surface area contributed by atoms with Crippen LogP contribution in [-0.4, -0.2) is 45.0 Å². The number of ether oxygens (including phenoxy) is 2. The molecule has 1 aromatic heterocycles. The number of aliphatic imine (C=N–C) groups is 1. The smallest absolute Gasteiger partial charge is 0.191 e. The summed E-state index contributed by atoms with van der Waals surface area (Å²) in [6, 6.07) is 10.2. The van der Waals surface area contributed by atoms with E-state index < -0.39 is 0 Å². The maximum absolute atomic E-state index is 5.94. The van der Waals surface area contributed by atoms with Gasteiger partial charge in [-0.05, 0) is 45.2 Å². The van der Waals surface area contributed by atoms with Crippen LogP contribution in [0.3, 0.4) is 0 Å². The highest BCUT2D eigenvalue weighted by Crippen LogP contribution is 2.23. The molecule has 2 N–H and O–H groups in total. The first-order valence-corrected chi connectivity index (χ1v) is 9.99. The highest BCUT2D eigenvalue weighted by atomic mass is 16.5. The Morgan fingerprint density at radius 2 is 2.11 bits per heavy atom. The third-order valence-electron chi connectivity index (χ3n) is 4.66. The first-order chi connectivity index (χ1) is 13.3. The van der Waals surface area contributed by atoms with E-state index in [0.29, 0.717) is 6.10 Å². The number of hydrogen-bond donors (Lipinski definition) is 2. The largest absolute Gasteiger partial charge is 0.459 e. The van der Waals surface area contributed by atoms with Crippen molar-refractivity contribution in [1.29, 1.82) is 0 Å². The second kappa shape index (κ2) is 10.3. The summed E-state index contributed by atoms with van der Waals surface area (Å²) in [7, 11) is 0. The number of benzene rings is 1. The first kappa shape index (κ1) is 19.7. The van der Waals surface area contributed by atoms with E-state index in [1.165, 1.54) is 0 Å². The molecule has 6 heteroatoms. The minimum atomic E-state index is 0.0358. The van der Waals surface area contributed by atoms with Crippen LogP contribution in [0.1, 0.15) is 44.9 Å². The van der Waals surface area contributed by atoms with Crippen LogP contribution < -0.4 is 10.6 Å². The van der Waals surface area contributed by atoms with Crippen LogP contribution in [0.2, 0.25) is 0 Å². The van der Waals surface area contributed by atoms with Gasteiger partial charge in [-0.15, -0.1) is 0 Å². The molecular formula is C21H31N3O3. The van der Waals surface area contributed by atoms with Crippen LogP contribution in [0, 0.1) is 0 Å². The van der Waals surface area contributed by atoms with Gasteiger partial charge in [0.2, 0.25) is 0 Å². The molecule has 0 spiro atoms. The Hall–Kier alpha value is -2.05.